The Hall–Kier alpha value is -1.82. The maximum Gasteiger partial charge on any atom is 0.354 e. The van der Waals surface area contributed by atoms with Crippen LogP contribution in [-0.4, -0.2) is 21.2 Å². The molecule has 0 bridgehead atoms. The van der Waals surface area contributed by atoms with Gasteiger partial charge < -0.3 is 15.7 Å². The minimum Gasteiger partial charge on any atom is -0.477 e. The SMILES string of the molecule is Cc1c(N)cc(C2CC(Cl)=NO2)nc1C(=O)O. The summed E-state index contributed by atoms with van der Waals surface area (Å²) >= 11 is 5.68. The Morgan fingerprint density at radius 3 is 2.94 bits per heavy atom. The molecule has 0 fully saturated rings. The smallest absolute Gasteiger partial charge is 0.354 e. The van der Waals surface area contributed by atoms with Crippen molar-refractivity contribution >= 4 is 28.4 Å². The van der Waals surface area contributed by atoms with E-state index in [4.69, 9.17) is 27.3 Å². The number of oxime groups is 1. The lowest BCUT2D eigenvalue weighted by atomic mass is 10.1. The molecule has 1 unspecified atom stereocenters. The van der Waals surface area contributed by atoms with Gasteiger partial charge in [-0.05, 0) is 13.0 Å². The fraction of sp³-hybridized carbons (Fsp3) is 0.300. The van der Waals surface area contributed by atoms with E-state index in [2.05, 4.69) is 10.1 Å². The maximum absolute atomic E-state index is 11.0. The van der Waals surface area contributed by atoms with Crippen LogP contribution < -0.4 is 5.73 Å². The molecule has 0 spiro atoms. The van der Waals surface area contributed by atoms with Crippen molar-refractivity contribution in [1.29, 1.82) is 0 Å². The summed E-state index contributed by atoms with van der Waals surface area (Å²) in [6.07, 6.45) is -0.0978. The van der Waals surface area contributed by atoms with Gasteiger partial charge in [0.1, 0.15) is 5.17 Å². The number of carboxylic acid groups (broad SMARTS) is 1. The average Bonchev–Trinajstić information content (AvgIpc) is 2.68. The number of pyridine rings is 1. The normalized spacial score (nSPS) is 18.7. The van der Waals surface area contributed by atoms with Crippen molar-refractivity contribution in [3.63, 3.8) is 0 Å². The summed E-state index contributed by atoms with van der Waals surface area (Å²) in [6.45, 7) is 1.61. The van der Waals surface area contributed by atoms with Crippen molar-refractivity contribution in [2.24, 2.45) is 5.16 Å². The standard InChI is InChI=1S/C10H10ClN3O3/c1-4-5(12)2-6(13-9(4)10(15)16)7-3-8(11)14-17-7/h2,7H,3H2,1H3,(H2,12,13)(H,15,16). The third kappa shape index (κ3) is 2.16. The summed E-state index contributed by atoms with van der Waals surface area (Å²) in [4.78, 5) is 20.0. The zero-order valence-electron chi connectivity index (χ0n) is 8.98. The maximum atomic E-state index is 11.0. The van der Waals surface area contributed by atoms with Gasteiger partial charge in [0.05, 0.1) is 5.69 Å². The van der Waals surface area contributed by atoms with Gasteiger partial charge in [0.25, 0.3) is 0 Å². The highest BCUT2D eigenvalue weighted by Gasteiger charge is 2.25. The molecule has 0 aromatic carbocycles. The molecule has 1 aromatic heterocycles. The van der Waals surface area contributed by atoms with E-state index >= 15 is 0 Å². The molecule has 1 aliphatic rings. The van der Waals surface area contributed by atoms with Crippen molar-refractivity contribution in [2.75, 3.05) is 5.73 Å². The van der Waals surface area contributed by atoms with E-state index in [9.17, 15) is 4.79 Å². The molecule has 6 nitrogen and oxygen atoms in total. The van der Waals surface area contributed by atoms with Gasteiger partial charge in [-0.1, -0.05) is 16.8 Å². The second kappa shape index (κ2) is 4.21. The molecule has 1 atom stereocenters. The Bertz CT molecular complexity index is 516. The quantitative estimate of drug-likeness (QED) is 0.838. The van der Waals surface area contributed by atoms with Gasteiger partial charge in [0, 0.05) is 17.7 Å². The third-order valence-corrected chi connectivity index (χ3v) is 2.72. The molecule has 0 amide bonds. The lowest BCUT2D eigenvalue weighted by Gasteiger charge is -2.11. The molecule has 2 rings (SSSR count). The number of hydrogen-bond donors (Lipinski definition) is 2. The predicted octanol–water partition coefficient (Wildman–Crippen LogP) is 1.68. The molecule has 0 aliphatic carbocycles. The van der Waals surface area contributed by atoms with Crippen LogP contribution in [0.1, 0.15) is 34.3 Å². The molecule has 17 heavy (non-hydrogen) atoms. The Morgan fingerprint density at radius 1 is 1.71 bits per heavy atom. The minimum absolute atomic E-state index is 0.0772. The number of rotatable bonds is 2. The van der Waals surface area contributed by atoms with Crippen LogP contribution in [0.15, 0.2) is 11.2 Å². The first-order valence-corrected chi connectivity index (χ1v) is 5.25. The lowest BCUT2D eigenvalue weighted by Crippen LogP contribution is -2.11. The number of aromatic nitrogens is 1. The van der Waals surface area contributed by atoms with E-state index in [-0.39, 0.29) is 5.69 Å². The highest BCUT2D eigenvalue weighted by atomic mass is 35.5. The fourth-order valence-electron chi connectivity index (χ4n) is 1.53. The van der Waals surface area contributed by atoms with Gasteiger partial charge >= 0.3 is 5.97 Å². The summed E-state index contributed by atoms with van der Waals surface area (Å²) in [5.74, 6) is -1.12. The second-order valence-corrected chi connectivity index (χ2v) is 4.12. The molecule has 0 radical (unpaired) electrons. The van der Waals surface area contributed by atoms with Crippen LogP contribution in [0.4, 0.5) is 5.69 Å². The zero-order valence-corrected chi connectivity index (χ0v) is 9.73. The van der Waals surface area contributed by atoms with E-state index in [1.165, 1.54) is 0 Å². The highest BCUT2D eigenvalue weighted by molar-refractivity contribution is 6.65. The molecule has 1 aliphatic heterocycles. The summed E-state index contributed by atoms with van der Waals surface area (Å²) in [6, 6.07) is 1.58. The van der Waals surface area contributed by atoms with E-state index < -0.39 is 12.1 Å². The fourth-order valence-corrected chi connectivity index (χ4v) is 1.71. The number of nitrogens with two attached hydrogens (primary N) is 1. The molecule has 0 saturated carbocycles. The zero-order chi connectivity index (χ0) is 12.6. The van der Waals surface area contributed by atoms with Crippen LogP contribution >= 0.6 is 11.6 Å². The van der Waals surface area contributed by atoms with Gasteiger partial charge in [-0.2, -0.15) is 0 Å². The molecule has 3 N–H and O–H groups in total. The van der Waals surface area contributed by atoms with E-state index in [1.807, 2.05) is 0 Å². The minimum atomic E-state index is -1.12. The topological polar surface area (TPSA) is 97.8 Å². The number of aromatic carboxylic acids is 1. The van der Waals surface area contributed by atoms with Crippen LogP contribution in [0.2, 0.25) is 0 Å². The number of carboxylic acids is 1. The summed E-state index contributed by atoms with van der Waals surface area (Å²) in [7, 11) is 0. The Morgan fingerprint density at radius 2 is 2.41 bits per heavy atom. The summed E-state index contributed by atoms with van der Waals surface area (Å²) in [5, 5.41) is 12.9. The first kappa shape index (κ1) is 11.7. The van der Waals surface area contributed by atoms with Gasteiger partial charge in [-0.25, -0.2) is 9.78 Å². The number of halogens is 1. The van der Waals surface area contributed by atoms with Crippen molar-refractivity contribution < 1.29 is 14.7 Å². The monoisotopic (exact) mass is 255 g/mol. The first-order chi connectivity index (χ1) is 7.99. The molecular weight excluding hydrogens is 246 g/mol. The van der Waals surface area contributed by atoms with E-state index in [0.29, 0.717) is 28.5 Å². The average molecular weight is 256 g/mol. The largest absolute Gasteiger partial charge is 0.477 e. The molecule has 0 saturated heterocycles. The van der Waals surface area contributed by atoms with Crippen molar-refractivity contribution in [2.45, 2.75) is 19.4 Å². The Kier molecular flexibility index (Phi) is 2.89. The van der Waals surface area contributed by atoms with Crippen LogP contribution in [0.3, 0.4) is 0 Å². The molecule has 90 valence electrons. The first-order valence-electron chi connectivity index (χ1n) is 4.87. The number of carbonyl (C=O) groups is 1. The van der Waals surface area contributed by atoms with Crippen molar-refractivity contribution in [3.8, 4) is 0 Å². The van der Waals surface area contributed by atoms with Crippen LogP contribution in [-0.2, 0) is 4.84 Å². The van der Waals surface area contributed by atoms with Gasteiger partial charge in [-0.15, -0.1) is 0 Å². The molecular formula is C10H10ClN3O3. The third-order valence-electron chi connectivity index (χ3n) is 2.50. The van der Waals surface area contributed by atoms with Crippen LogP contribution in [0.25, 0.3) is 0 Å². The summed E-state index contributed by atoms with van der Waals surface area (Å²) in [5.41, 5.74) is 6.87. The number of nitrogen functional groups attached to an aromatic ring is 1. The molecule has 7 heteroatoms. The van der Waals surface area contributed by atoms with Gasteiger partial charge in [0.15, 0.2) is 11.8 Å². The molecule has 2 heterocycles. The van der Waals surface area contributed by atoms with E-state index in [0.717, 1.165) is 0 Å². The van der Waals surface area contributed by atoms with Crippen LogP contribution in [0.5, 0.6) is 0 Å². The van der Waals surface area contributed by atoms with Crippen molar-refractivity contribution in [3.05, 3.63) is 23.0 Å². The van der Waals surface area contributed by atoms with Gasteiger partial charge in [0.2, 0.25) is 0 Å². The molecule has 1 aromatic rings. The summed E-state index contributed by atoms with van der Waals surface area (Å²) < 4.78 is 0. The lowest BCUT2D eigenvalue weighted by molar-refractivity contribution is 0.0682. The Labute approximate surface area is 102 Å². The van der Waals surface area contributed by atoms with Crippen molar-refractivity contribution in [1.82, 2.24) is 4.98 Å². The predicted molar refractivity (Wildman–Crippen MR) is 62.1 cm³/mol. The van der Waals surface area contributed by atoms with E-state index in [1.54, 1.807) is 13.0 Å². The number of nitrogens with zero attached hydrogens (tertiary/aromatic N) is 2. The number of anilines is 1. The second-order valence-electron chi connectivity index (χ2n) is 3.68. The van der Waals surface area contributed by atoms with Gasteiger partial charge in [-0.3, -0.25) is 0 Å². The number of hydrogen-bond acceptors (Lipinski definition) is 5. The van der Waals surface area contributed by atoms with Crippen LogP contribution in [0, 0.1) is 6.92 Å². The highest BCUT2D eigenvalue weighted by Crippen LogP contribution is 2.29. The Balaban J connectivity index is 2.40.